The van der Waals surface area contributed by atoms with Crippen LogP contribution in [-0.2, 0) is 16.1 Å². The van der Waals surface area contributed by atoms with Crippen LogP contribution in [0.4, 0.5) is 4.39 Å². The quantitative estimate of drug-likeness (QED) is 0.708. The Morgan fingerprint density at radius 2 is 2.03 bits per heavy atom. The molecule has 4 rings (SSSR count). The van der Waals surface area contributed by atoms with E-state index in [-0.39, 0.29) is 42.5 Å². The molecule has 10 heteroatoms. The average molecular weight is 476 g/mol. The predicted molar refractivity (Wildman–Crippen MR) is 119 cm³/mol. The zero-order chi connectivity index (χ0) is 24.5. The van der Waals surface area contributed by atoms with Crippen LogP contribution in [0.15, 0.2) is 34.9 Å². The zero-order valence-corrected chi connectivity index (χ0v) is 19.6. The molecular weight excluding hydrogens is 445 g/mol. The van der Waals surface area contributed by atoms with E-state index in [2.05, 4.69) is 5.16 Å². The second-order valence-electron chi connectivity index (χ2n) is 9.37. The van der Waals surface area contributed by atoms with Crippen molar-refractivity contribution < 1.29 is 33.1 Å². The van der Waals surface area contributed by atoms with Crippen LogP contribution in [0.1, 0.15) is 49.4 Å². The fraction of sp³-hybridized carbons (Fsp3) is 0.542. The number of carbonyl (C=O) groups excluding carboxylic acids is 2. The Hall–Kier alpha value is -2.98. The number of hydrogen-bond donors (Lipinski definition) is 1. The van der Waals surface area contributed by atoms with Gasteiger partial charge >= 0.3 is 0 Å². The molecule has 1 spiro atoms. The maximum Gasteiger partial charge on any atom is 0.276 e. The Kier molecular flexibility index (Phi) is 6.64. The number of aliphatic hydroxyl groups is 1. The molecular formula is C24H30FN3O6. The molecule has 34 heavy (non-hydrogen) atoms. The van der Waals surface area contributed by atoms with Crippen molar-refractivity contribution in [3.63, 3.8) is 0 Å². The maximum atomic E-state index is 13.7. The number of ether oxygens (including phenoxy) is 2. The van der Waals surface area contributed by atoms with Crippen molar-refractivity contribution >= 4 is 11.8 Å². The number of carbonyl (C=O) groups is 2. The van der Waals surface area contributed by atoms with E-state index in [0.29, 0.717) is 38.1 Å². The van der Waals surface area contributed by atoms with E-state index in [1.807, 2.05) is 0 Å². The lowest BCUT2D eigenvalue weighted by atomic mass is 9.77. The van der Waals surface area contributed by atoms with Crippen LogP contribution < -0.4 is 4.74 Å². The first kappa shape index (κ1) is 24.2. The Labute approximate surface area is 197 Å². The Bertz CT molecular complexity index is 1050. The minimum Gasteiger partial charge on any atom is -0.482 e. The standard InChI is InChI=1S/C24H30FN3O6/c1-16(29)27(3)21-13-24(33-15-23(21,2)31)8-10-28(11-9-24)22(30)19-12-17(34-26-19)14-32-20-7-5-4-6-18(20)25/h4-7,12,21,31H,8-11,13-15H2,1-3H3/t21-,23-/m0/s1. The molecule has 2 atom stereocenters. The van der Waals surface area contributed by atoms with Crippen LogP contribution in [-0.4, -0.2) is 75.9 Å². The molecule has 2 aromatic rings. The van der Waals surface area contributed by atoms with Crippen molar-refractivity contribution in [1.29, 1.82) is 0 Å². The number of likely N-dealkylation sites (N-methyl/N-ethyl adjacent to an activating group) is 1. The van der Waals surface area contributed by atoms with Gasteiger partial charge < -0.3 is 28.9 Å². The normalized spacial score (nSPS) is 24.1. The Morgan fingerprint density at radius 1 is 1.32 bits per heavy atom. The summed E-state index contributed by atoms with van der Waals surface area (Å²) in [5.74, 6) is -0.461. The topological polar surface area (TPSA) is 105 Å². The van der Waals surface area contributed by atoms with E-state index < -0.39 is 17.0 Å². The summed E-state index contributed by atoms with van der Waals surface area (Å²) in [6.07, 6.45) is 1.66. The van der Waals surface area contributed by atoms with E-state index in [1.54, 1.807) is 35.9 Å². The molecule has 2 aliphatic heterocycles. The van der Waals surface area contributed by atoms with Crippen LogP contribution in [0, 0.1) is 5.82 Å². The second-order valence-corrected chi connectivity index (χ2v) is 9.37. The molecule has 2 saturated heterocycles. The van der Waals surface area contributed by atoms with Gasteiger partial charge in [0.1, 0.15) is 12.2 Å². The summed E-state index contributed by atoms with van der Waals surface area (Å²) in [6, 6.07) is 7.17. The zero-order valence-electron chi connectivity index (χ0n) is 19.6. The number of nitrogens with zero attached hydrogens (tertiary/aromatic N) is 3. The molecule has 0 aliphatic carbocycles. The molecule has 3 heterocycles. The van der Waals surface area contributed by atoms with Crippen LogP contribution >= 0.6 is 0 Å². The highest BCUT2D eigenvalue weighted by molar-refractivity contribution is 5.92. The maximum absolute atomic E-state index is 13.7. The Balaban J connectivity index is 1.35. The lowest BCUT2D eigenvalue weighted by Crippen LogP contribution is -2.64. The lowest BCUT2D eigenvalue weighted by Gasteiger charge is -2.52. The highest BCUT2D eigenvalue weighted by atomic mass is 19.1. The average Bonchev–Trinajstić information content (AvgIpc) is 3.29. The van der Waals surface area contributed by atoms with Gasteiger partial charge in [-0.3, -0.25) is 9.59 Å². The first-order valence-electron chi connectivity index (χ1n) is 11.3. The van der Waals surface area contributed by atoms with Gasteiger partial charge in [0, 0.05) is 33.1 Å². The number of likely N-dealkylation sites (tertiary alicyclic amines) is 1. The summed E-state index contributed by atoms with van der Waals surface area (Å²) in [4.78, 5) is 28.1. The Morgan fingerprint density at radius 3 is 2.71 bits per heavy atom. The highest BCUT2D eigenvalue weighted by Gasteiger charge is 2.50. The molecule has 0 unspecified atom stereocenters. The van der Waals surface area contributed by atoms with Crippen molar-refractivity contribution in [3.8, 4) is 5.75 Å². The second kappa shape index (κ2) is 9.34. The van der Waals surface area contributed by atoms with Gasteiger partial charge in [0.15, 0.2) is 23.0 Å². The van der Waals surface area contributed by atoms with Crippen LogP contribution in [0.3, 0.4) is 0 Å². The third-order valence-electron chi connectivity index (χ3n) is 6.86. The number of para-hydroxylation sites is 1. The number of piperidine rings is 1. The fourth-order valence-corrected chi connectivity index (χ4v) is 4.62. The van der Waals surface area contributed by atoms with Gasteiger partial charge in [0.05, 0.1) is 18.2 Å². The largest absolute Gasteiger partial charge is 0.482 e. The number of hydrogen-bond acceptors (Lipinski definition) is 7. The summed E-state index contributed by atoms with van der Waals surface area (Å²) in [5.41, 5.74) is -1.49. The molecule has 1 aromatic carbocycles. The van der Waals surface area contributed by atoms with E-state index in [0.717, 1.165) is 0 Å². The third-order valence-corrected chi connectivity index (χ3v) is 6.86. The minimum atomic E-state index is -1.14. The predicted octanol–water partition coefficient (Wildman–Crippen LogP) is 2.39. The van der Waals surface area contributed by atoms with Crippen molar-refractivity contribution in [2.75, 3.05) is 26.7 Å². The van der Waals surface area contributed by atoms with Crippen LogP contribution in [0.5, 0.6) is 5.75 Å². The number of amides is 2. The van der Waals surface area contributed by atoms with E-state index in [9.17, 15) is 19.1 Å². The lowest BCUT2D eigenvalue weighted by molar-refractivity contribution is -0.207. The first-order chi connectivity index (χ1) is 16.1. The van der Waals surface area contributed by atoms with Gasteiger partial charge in [-0.2, -0.15) is 0 Å². The van der Waals surface area contributed by atoms with Gasteiger partial charge in [-0.1, -0.05) is 17.3 Å². The van der Waals surface area contributed by atoms with Crippen LogP contribution in [0.25, 0.3) is 0 Å². The first-order valence-corrected chi connectivity index (χ1v) is 11.3. The summed E-state index contributed by atoms with van der Waals surface area (Å²) in [5, 5.41) is 14.6. The highest BCUT2D eigenvalue weighted by Crippen LogP contribution is 2.40. The molecule has 0 radical (unpaired) electrons. The molecule has 184 valence electrons. The number of aromatic nitrogens is 1. The minimum absolute atomic E-state index is 0.0524. The van der Waals surface area contributed by atoms with Crippen LogP contribution in [0.2, 0.25) is 0 Å². The number of benzene rings is 1. The van der Waals surface area contributed by atoms with Gasteiger partial charge in [0.2, 0.25) is 5.91 Å². The molecule has 0 bridgehead atoms. The smallest absolute Gasteiger partial charge is 0.276 e. The number of rotatable bonds is 5. The summed E-state index contributed by atoms with van der Waals surface area (Å²) >= 11 is 0. The van der Waals surface area contributed by atoms with Crippen molar-refractivity contribution in [3.05, 3.63) is 47.6 Å². The summed E-state index contributed by atoms with van der Waals surface area (Å²) < 4.78 is 30.4. The summed E-state index contributed by atoms with van der Waals surface area (Å²) in [7, 11) is 1.69. The molecule has 9 nitrogen and oxygen atoms in total. The van der Waals surface area contributed by atoms with Gasteiger partial charge in [0.25, 0.3) is 5.91 Å². The molecule has 2 amide bonds. The van der Waals surface area contributed by atoms with E-state index in [1.165, 1.54) is 25.1 Å². The SMILES string of the molecule is CC(=O)N(C)[C@H]1CC2(CCN(C(=O)c3cc(COc4ccccc4F)on3)CC2)OC[C@]1(C)O. The monoisotopic (exact) mass is 475 g/mol. The molecule has 2 aliphatic rings. The van der Waals surface area contributed by atoms with Crippen molar-refractivity contribution in [2.24, 2.45) is 0 Å². The van der Waals surface area contributed by atoms with E-state index >= 15 is 0 Å². The number of halogens is 1. The van der Waals surface area contributed by atoms with Gasteiger partial charge in [-0.25, -0.2) is 4.39 Å². The van der Waals surface area contributed by atoms with Crippen molar-refractivity contribution in [1.82, 2.24) is 15.0 Å². The van der Waals surface area contributed by atoms with Crippen molar-refractivity contribution in [2.45, 2.75) is 57.0 Å². The molecule has 1 aromatic heterocycles. The summed E-state index contributed by atoms with van der Waals surface area (Å²) in [6.45, 7) is 4.13. The third kappa shape index (κ3) is 4.92. The van der Waals surface area contributed by atoms with Gasteiger partial charge in [-0.05, 0) is 38.3 Å². The van der Waals surface area contributed by atoms with Gasteiger partial charge in [-0.15, -0.1) is 0 Å². The van der Waals surface area contributed by atoms with E-state index in [4.69, 9.17) is 14.0 Å². The molecule has 0 saturated carbocycles. The molecule has 1 N–H and O–H groups in total. The fourth-order valence-electron chi connectivity index (χ4n) is 4.62. The molecule has 2 fully saturated rings.